The zero-order valence-electron chi connectivity index (χ0n) is 40.8. The largest absolute Gasteiger partial charge is 0.456 e. The molecule has 0 spiro atoms. The van der Waals surface area contributed by atoms with Crippen molar-refractivity contribution in [3.8, 4) is 44.6 Å². The van der Waals surface area contributed by atoms with Gasteiger partial charge in [0.15, 0.2) is 5.58 Å². The minimum atomic E-state index is 0. The number of hydrogen-bond donors (Lipinski definition) is 0. The molecule has 8 heteroatoms. The quantitative estimate of drug-likeness (QED) is 0.172. The van der Waals surface area contributed by atoms with Crippen molar-refractivity contribution in [1.29, 1.82) is 0 Å². The van der Waals surface area contributed by atoms with E-state index in [0.717, 1.165) is 93.4 Å². The fraction of sp³-hybridized carbons (Fsp3) is 0.0145. The van der Waals surface area contributed by atoms with Crippen molar-refractivity contribution in [2.24, 2.45) is 0 Å². The Balaban J connectivity index is 0.000000103. The Morgan fingerprint density at radius 3 is 1.31 bits per heavy atom. The van der Waals surface area contributed by atoms with Gasteiger partial charge in [-0.15, -0.1) is 0 Å². The van der Waals surface area contributed by atoms with Crippen LogP contribution < -0.4 is 0 Å². The highest BCUT2D eigenvalue weighted by Crippen LogP contribution is 2.35. The molecule has 77 heavy (non-hydrogen) atoms. The van der Waals surface area contributed by atoms with Crippen LogP contribution in [0.5, 0.6) is 0 Å². The fourth-order valence-corrected chi connectivity index (χ4v) is 9.67. The summed E-state index contributed by atoms with van der Waals surface area (Å²) in [6.45, 7) is 0. The number of nitrogens with zero attached hydrogens (tertiary/aromatic N) is 4. The lowest BCUT2D eigenvalue weighted by Gasteiger charge is -2.00. The Labute approximate surface area is 443 Å². The van der Waals surface area contributed by atoms with E-state index in [2.05, 4.69) is 135 Å². The zero-order chi connectivity index (χ0) is 50.6. The summed E-state index contributed by atoms with van der Waals surface area (Å²) >= 11 is 0. The molecule has 0 aliphatic rings. The predicted octanol–water partition coefficient (Wildman–Crippen LogP) is 19.2. The van der Waals surface area contributed by atoms with Crippen molar-refractivity contribution in [2.45, 2.75) is 7.43 Å². The van der Waals surface area contributed by atoms with Gasteiger partial charge < -0.3 is 17.7 Å². The van der Waals surface area contributed by atoms with E-state index >= 15 is 0 Å². The molecule has 0 fully saturated rings. The van der Waals surface area contributed by atoms with Gasteiger partial charge in [0.2, 0.25) is 11.4 Å². The minimum Gasteiger partial charge on any atom is -0.456 e. The topological polar surface area (TPSA) is 104 Å². The number of fused-ring (bicyclic) bond motifs is 12. The van der Waals surface area contributed by atoms with E-state index in [1.165, 1.54) is 27.8 Å². The number of pyridine rings is 4. The van der Waals surface area contributed by atoms with Gasteiger partial charge >= 0.3 is 0 Å². The van der Waals surface area contributed by atoms with Gasteiger partial charge in [-0.25, -0.2) is 9.97 Å². The summed E-state index contributed by atoms with van der Waals surface area (Å²) in [5, 5.41) is 8.79. The van der Waals surface area contributed by atoms with Crippen LogP contribution in [-0.2, 0) is 0 Å². The second kappa shape index (κ2) is 21.2. The zero-order valence-corrected chi connectivity index (χ0v) is 40.8. The van der Waals surface area contributed by atoms with Crippen LogP contribution in [0.15, 0.2) is 285 Å². The van der Waals surface area contributed by atoms with Gasteiger partial charge in [-0.3, -0.25) is 9.97 Å². The van der Waals surface area contributed by atoms with Crippen molar-refractivity contribution >= 4 is 88.0 Å². The molecule has 0 aliphatic heterocycles. The highest BCUT2D eigenvalue weighted by atomic mass is 16.3. The van der Waals surface area contributed by atoms with Crippen LogP contribution in [0, 0.1) is 0 Å². The van der Waals surface area contributed by atoms with E-state index in [1.807, 2.05) is 128 Å². The molecule has 16 rings (SSSR count). The van der Waals surface area contributed by atoms with Gasteiger partial charge in [0, 0.05) is 73.4 Å². The molecule has 0 aliphatic carbocycles. The van der Waals surface area contributed by atoms with Gasteiger partial charge in [0.25, 0.3) is 0 Å². The van der Waals surface area contributed by atoms with E-state index in [-0.39, 0.29) is 7.43 Å². The molecule has 368 valence electrons. The maximum Gasteiger partial charge on any atom is 0.227 e. The van der Waals surface area contributed by atoms with Crippen LogP contribution in [0.4, 0.5) is 0 Å². The average molecular weight is 997 g/mol. The lowest BCUT2D eigenvalue weighted by molar-refractivity contribution is 0.654. The van der Waals surface area contributed by atoms with E-state index in [0.29, 0.717) is 11.4 Å². The van der Waals surface area contributed by atoms with E-state index in [1.54, 1.807) is 24.8 Å². The van der Waals surface area contributed by atoms with Gasteiger partial charge in [-0.05, 0) is 112 Å². The van der Waals surface area contributed by atoms with Crippen LogP contribution in [-0.4, -0.2) is 19.9 Å². The van der Waals surface area contributed by atoms with Gasteiger partial charge in [0.1, 0.15) is 27.9 Å². The molecular formula is C69H48N4O4. The summed E-state index contributed by atoms with van der Waals surface area (Å²) in [5.74, 6) is 0. The smallest absolute Gasteiger partial charge is 0.227 e. The first-order chi connectivity index (χ1) is 37.7. The number of aromatic nitrogens is 4. The summed E-state index contributed by atoms with van der Waals surface area (Å²) in [4.78, 5) is 17.1. The molecule has 0 unspecified atom stereocenters. The number of hydrogen-bond acceptors (Lipinski definition) is 8. The molecule has 0 saturated heterocycles. The SMILES string of the molecule is C.c1ccc(-c2ccc3c(c2)oc2ccncc23)cc1.c1ccc(-c2ccc3c(c2)oc2cnccc23)cc1.c1ccc(-c2ccc3c(c2)oc2ncccc23)cc1.c1ccc(-c2ccc3c(n2)oc2ccccc23)cc1. The lowest BCUT2D eigenvalue weighted by Crippen LogP contribution is -1.82. The molecule has 16 aromatic rings. The molecule has 0 radical (unpaired) electrons. The highest BCUT2D eigenvalue weighted by Gasteiger charge is 2.12. The molecule has 8 heterocycles. The Bertz CT molecular complexity index is 4050. The molecule has 8 aromatic heterocycles. The molecule has 0 bridgehead atoms. The van der Waals surface area contributed by atoms with Gasteiger partial charge in [0.05, 0.1) is 11.9 Å². The molecule has 0 amide bonds. The van der Waals surface area contributed by atoms with E-state index in [9.17, 15) is 0 Å². The number of rotatable bonds is 4. The Kier molecular flexibility index (Phi) is 13.1. The molecule has 8 nitrogen and oxygen atoms in total. The Morgan fingerprint density at radius 1 is 0.247 bits per heavy atom. The number of furan rings is 4. The number of benzene rings is 8. The Morgan fingerprint density at radius 2 is 0.675 bits per heavy atom. The van der Waals surface area contributed by atoms with E-state index < -0.39 is 0 Å². The van der Waals surface area contributed by atoms with Crippen LogP contribution in [0.1, 0.15) is 7.43 Å². The third kappa shape index (κ3) is 9.66. The van der Waals surface area contributed by atoms with Gasteiger partial charge in [-0.2, -0.15) is 0 Å². The van der Waals surface area contributed by atoms with Crippen molar-refractivity contribution in [3.05, 3.63) is 268 Å². The minimum absolute atomic E-state index is 0. The van der Waals surface area contributed by atoms with Crippen LogP contribution in [0.2, 0.25) is 0 Å². The summed E-state index contributed by atoms with van der Waals surface area (Å²) < 4.78 is 23.3. The molecule has 8 aromatic carbocycles. The summed E-state index contributed by atoms with van der Waals surface area (Å²) in [7, 11) is 0. The standard InChI is InChI=1S/4C17H11NO.CH4/c1-2-6-12(7-3-1)15-11-10-14-13-8-4-5-9-16(13)19-17(14)18-15;1-2-5-12(6-3-1)13-8-9-14-15-7-4-10-18-17(15)19-16(14)11-13;1-2-4-12(5-3-1)13-6-7-14-15-11-18-9-8-16(15)19-17(14)10-13;1-2-4-12(5-3-1)13-6-7-14-15-8-9-18-11-17(15)19-16(14)10-13;/h4*1-11H;1H4. The first-order valence-corrected chi connectivity index (χ1v) is 25.0. The monoisotopic (exact) mass is 996 g/mol. The summed E-state index contributed by atoms with van der Waals surface area (Å²) in [6, 6.07) is 80.0. The van der Waals surface area contributed by atoms with Gasteiger partial charge in [-0.1, -0.05) is 165 Å². The van der Waals surface area contributed by atoms with Crippen LogP contribution in [0.3, 0.4) is 0 Å². The van der Waals surface area contributed by atoms with Crippen molar-refractivity contribution < 1.29 is 17.7 Å². The molecular weight excluding hydrogens is 949 g/mol. The second-order valence-electron chi connectivity index (χ2n) is 18.2. The van der Waals surface area contributed by atoms with Crippen LogP contribution >= 0.6 is 0 Å². The third-order valence-corrected chi connectivity index (χ3v) is 13.4. The average Bonchev–Trinajstić information content (AvgIpc) is 4.32. The maximum absolute atomic E-state index is 5.87. The first-order valence-electron chi connectivity index (χ1n) is 25.0. The first kappa shape index (κ1) is 47.6. The lowest BCUT2D eigenvalue weighted by atomic mass is 10.0. The second-order valence-corrected chi connectivity index (χ2v) is 18.2. The summed E-state index contributed by atoms with van der Waals surface area (Å²) in [5.41, 5.74) is 15.8. The third-order valence-electron chi connectivity index (χ3n) is 13.4. The number of para-hydroxylation sites is 1. The maximum atomic E-state index is 5.87. The normalized spacial score (nSPS) is 11.0. The van der Waals surface area contributed by atoms with Crippen LogP contribution in [0.25, 0.3) is 133 Å². The highest BCUT2D eigenvalue weighted by molar-refractivity contribution is 6.07. The van der Waals surface area contributed by atoms with Crippen molar-refractivity contribution in [3.63, 3.8) is 0 Å². The van der Waals surface area contributed by atoms with E-state index in [4.69, 9.17) is 17.7 Å². The van der Waals surface area contributed by atoms with Crippen molar-refractivity contribution in [1.82, 2.24) is 19.9 Å². The predicted molar refractivity (Wildman–Crippen MR) is 315 cm³/mol. The molecule has 0 atom stereocenters. The summed E-state index contributed by atoms with van der Waals surface area (Å²) in [6.07, 6.45) is 8.91. The molecule has 0 saturated carbocycles. The van der Waals surface area contributed by atoms with Crippen molar-refractivity contribution in [2.75, 3.05) is 0 Å². The Hall–Kier alpha value is -10.4. The molecule has 0 N–H and O–H groups in total. The fourth-order valence-electron chi connectivity index (χ4n) is 9.67.